The molecule has 1 aromatic rings. The van der Waals surface area contributed by atoms with Crippen molar-refractivity contribution < 1.29 is 4.79 Å². The van der Waals surface area contributed by atoms with Crippen molar-refractivity contribution in [3.63, 3.8) is 0 Å². The molecule has 0 bridgehead atoms. The average Bonchev–Trinajstić information content (AvgIpc) is 2.40. The number of anilines is 1. The second-order valence-corrected chi connectivity index (χ2v) is 5.58. The van der Waals surface area contributed by atoms with Gasteiger partial charge in [0.25, 0.3) is 5.91 Å². The fourth-order valence-corrected chi connectivity index (χ4v) is 2.03. The normalized spacial score (nSPS) is 12.5. The zero-order valence-electron chi connectivity index (χ0n) is 11.7. The number of halogens is 1. The van der Waals surface area contributed by atoms with E-state index < -0.39 is 0 Å². The maximum atomic E-state index is 11.9. The number of carbonyl (C=O) groups is 1. The summed E-state index contributed by atoms with van der Waals surface area (Å²) in [6, 6.07) is 5.73. The maximum absolute atomic E-state index is 11.9. The predicted molar refractivity (Wildman–Crippen MR) is 83.3 cm³/mol. The Hall–Kier alpha value is -1.07. The highest BCUT2D eigenvalue weighted by Crippen LogP contribution is 2.20. The largest absolute Gasteiger partial charge is 0.398 e. The zero-order chi connectivity index (χ0) is 14.4. The summed E-state index contributed by atoms with van der Waals surface area (Å²) in [5.41, 5.74) is 6.94. The van der Waals surface area contributed by atoms with Crippen LogP contribution in [0.1, 0.15) is 30.6 Å². The van der Waals surface area contributed by atoms with Crippen LogP contribution in [-0.4, -0.2) is 37.0 Å². The van der Waals surface area contributed by atoms with Crippen molar-refractivity contribution in [1.29, 1.82) is 0 Å². The number of likely N-dealkylation sites (N-methyl/N-ethyl adjacent to an activating group) is 1. The molecular formula is C14H22BrN3O. The molecule has 1 aromatic carbocycles. The lowest BCUT2D eigenvalue weighted by Crippen LogP contribution is -2.37. The highest BCUT2D eigenvalue weighted by atomic mass is 79.9. The molecule has 1 unspecified atom stereocenters. The van der Waals surface area contributed by atoms with Crippen molar-refractivity contribution in [1.82, 2.24) is 10.2 Å². The Morgan fingerprint density at radius 1 is 1.53 bits per heavy atom. The summed E-state index contributed by atoms with van der Waals surface area (Å²) >= 11 is 3.32. The van der Waals surface area contributed by atoms with Gasteiger partial charge >= 0.3 is 0 Å². The second kappa shape index (κ2) is 7.50. The molecule has 0 radical (unpaired) electrons. The summed E-state index contributed by atoms with van der Waals surface area (Å²) < 4.78 is 0.747. The average molecular weight is 328 g/mol. The van der Waals surface area contributed by atoms with Gasteiger partial charge in [-0.2, -0.15) is 0 Å². The Morgan fingerprint density at radius 2 is 2.21 bits per heavy atom. The molecule has 106 valence electrons. The van der Waals surface area contributed by atoms with Crippen LogP contribution in [0.4, 0.5) is 5.69 Å². The minimum absolute atomic E-state index is 0.0711. The van der Waals surface area contributed by atoms with E-state index in [0.29, 0.717) is 23.8 Å². The first-order valence-electron chi connectivity index (χ1n) is 6.49. The van der Waals surface area contributed by atoms with Gasteiger partial charge in [0.2, 0.25) is 0 Å². The predicted octanol–water partition coefficient (Wildman–Crippen LogP) is 2.49. The zero-order valence-corrected chi connectivity index (χ0v) is 13.3. The maximum Gasteiger partial charge on any atom is 0.251 e. The molecule has 0 saturated carbocycles. The molecule has 0 aromatic heterocycles. The lowest BCUT2D eigenvalue weighted by molar-refractivity contribution is 0.0947. The molecule has 0 spiro atoms. The van der Waals surface area contributed by atoms with Crippen LogP contribution in [0.15, 0.2) is 22.7 Å². The molecule has 4 nitrogen and oxygen atoms in total. The number of hydrogen-bond donors (Lipinski definition) is 2. The second-order valence-electron chi connectivity index (χ2n) is 4.73. The van der Waals surface area contributed by atoms with Gasteiger partial charge < -0.3 is 16.0 Å². The monoisotopic (exact) mass is 327 g/mol. The number of hydrogen-bond acceptors (Lipinski definition) is 3. The van der Waals surface area contributed by atoms with Crippen LogP contribution in [0.3, 0.4) is 0 Å². The lowest BCUT2D eigenvalue weighted by Gasteiger charge is -2.23. The first kappa shape index (κ1) is 16.0. The Labute approximate surface area is 123 Å². The summed E-state index contributed by atoms with van der Waals surface area (Å²) in [6.07, 6.45) is 1.11. The van der Waals surface area contributed by atoms with E-state index in [4.69, 9.17) is 5.73 Å². The van der Waals surface area contributed by atoms with Gasteiger partial charge in [0, 0.05) is 34.9 Å². The molecule has 3 N–H and O–H groups in total. The number of nitrogen functional groups attached to an aromatic ring is 1. The van der Waals surface area contributed by atoms with Gasteiger partial charge in [-0.3, -0.25) is 4.79 Å². The standard InChI is InChI=1S/C14H22BrN3O/c1-4-10(2)18(3)8-7-17-14(19)11-5-6-13(16)12(15)9-11/h5-6,9-10H,4,7-8,16H2,1-3H3,(H,17,19). The van der Waals surface area contributed by atoms with E-state index >= 15 is 0 Å². The highest BCUT2D eigenvalue weighted by Gasteiger charge is 2.09. The molecule has 0 saturated heterocycles. The van der Waals surface area contributed by atoms with E-state index in [1.54, 1.807) is 18.2 Å². The third kappa shape index (κ3) is 4.84. The summed E-state index contributed by atoms with van der Waals surface area (Å²) in [6.45, 7) is 5.82. The fourth-order valence-electron chi connectivity index (χ4n) is 1.65. The SMILES string of the molecule is CCC(C)N(C)CCNC(=O)c1ccc(N)c(Br)c1. The molecule has 5 heteroatoms. The molecule has 19 heavy (non-hydrogen) atoms. The summed E-state index contributed by atoms with van der Waals surface area (Å²) in [5.74, 6) is -0.0711. The van der Waals surface area contributed by atoms with Crippen LogP contribution < -0.4 is 11.1 Å². The number of benzene rings is 1. The van der Waals surface area contributed by atoms with Crippen LogP contribution in [0.5, 0.6) is 0 Å². The summed E-state index contributed by atoms with van der Waals surface area (Å²) in [5, 5.41) is 2.91. The third-order valence-electron chi connectivity index (χ3n) is 3.36. The molecular weight excluding hydrogens is 306 g/mol. The van der Waals surface area contributed by atoms with Crippen LogP contribution >= 0.6 is 15.9 Å². The number of amides is 1. The van der Waals surface area contributed by atoms with Gasteiger partial charge in [-0.1, -0.05) is 6.92 Å². The van der Waals surface area contributed by atoms with Gasteiger partial charge in [-0.05, 0) is 54.5 Å². The van der Waals surface area contributed by atoms with Crippen molar-refractivity contribution in [2.24, 2.45) is 0 Å². The summed E-state index contributed by atoms with van der Waals surface area (Å²) in [4.78, 5) is 14.2. The van der Waals surface area contributed by atoms with Crippen LogP contribution in [0.25, 0.3) is 0 Å². The van der Waals surface area contributed by atoms with Crippen molar-refractivity contribution >= 4 is 27.5 Å². The first-order valence-corrected chi connectivity index (χ1v) is 7.28. The van der Waals surface area contributed by atoms with Gasteiger partial charge in [-0.15, -0.1) is 0 Å². The van der Waals surface area contributed by atoms with Crippen molar-refractivity contribution in [2.75, 3.05) is 25.9 Å². The van der Waals surface area contributed by atoms with Crippen LogP contribution in [0, 0.1) is 0 Å². The van der Waals surface area contributed by atoms with E-state index in [1.807, 2.05) is 0 Å². The van der Waals surface area contributed by atoms with Crippen LogP contribution in [0.2, 0.25) is 0 Å². The van der Waals surface area contributed by atoms with Crippen molar-refractivity contribution in [2.45, 2.75) is 26.3 Å². The van der Waals surface area contributed by atoms with E-state index in [9.17, 15) is 4.79 Å². The fraction of sp³-hybridized carbons (Fsp3) is 0.500. The molecule has 1 amide bonds. The molecule has 0 aliphatic heterocycles. The summed E-state index contributed by atoms with van der Waals surface area (Å²) in [7, 11) is 2.07. The Bertz CT molecular complexity index is 437. The lowest BCUT2D eigenvalue weighted by atomic mass is 10.2. The van der Waals surface area contributed by atoms with E-state index in [2.05, 4.69) is 47.0 Å². The Morgan fingerprint density at radius 3 is 2.79 bits per heavy atom. The smallest absolute Gasteiger partial charge is 0.251 e. The van der Waals surface area contributed by atoms with Crippen molar-refractivity contribution in [3.05, 3.63) is 28.2 Å². The van der Waals surface area contributed by atoms with Gasteiger partial charge in [0.1, 0.15) is 0 Å². The van der Waals surface area contributed by atoms with Crippen molar-refractivity contribution in [3.8, 4) is 0 Å². The third-order valence-corrected chi connectivity index (χ3v) is 4.04. The van der Waals surface area contributed by atoms with E-state index in [-0.39, 0.29) is 5.91 Å². The minimum Gasteiger partial charge on any atom is -0.398 e. The molecule has 1 rings (SSSR count). The van der Waals surface area contributed by atoms with E-state index in [0.717, 1.165) is 17.4 Å². The molecule has 0 aliphatic carbocycles. The topological polar surface area (TPSA) is 58.4 Å². The number of nitrogens with one attached hydrogen (secondary N) is 1. The number of rotatable bonds is 6. The quantitative estimate of drug-likeness (QED) is 0.789. The number of nitrogens with zero attached hydrogens (tertiary/aromatic N) is 1. The highest BCUT2D eigenvalue weighted by molar-refractivity contribution is 9.10. The molecule has 1 atom stereocenters. The minimum atomic E-state index is -0.0711. The van der Waals surface area contributed by atoms with E-state index in [1.165, 1.54) is 0 Å². The first-order chi connectivity index (χ1) is 8.95. The number of carbonyl (C=O) groups excluding carboxylic acids is 1. The molecule has 0 aliphatic rings. The molecule has 0 fully saturated rings. The van der Waals surface area contributed by atoms with Crippen LogP contribution in [-0.2, 0) is 0 Å². The van der Waals surface area contributed by atoms with Gasteiger partial charge in [0.15, 0.2) is 0 Å². The number of nitrogens with two attached hydrogens (primary N) is 1. The van der Waals surface area contributed by atoms with Gasteiger partial charge in [-0.25, -0.2) is 0 Å². The van der Waals surface area contributed by atoms with Gasteiger partial charge in [0.05, 0.1) is 0 Å². The molecule has 0 heterocycles. The Kier molecular flexibility index (Phi) is 6.31. The Balaban J connectivity index is 2.45.